The fourth-order valence-corrected chi connectivity index (χ4v) is 3.06. The van der Waals surface area contributed by atoms with E-state index in [-0.39, 0.29) is 5.91 Å². The topological polar surface area (TPSA) is 20.3 Å². The van der Waals surface area contributed by atoms with Gasteiger partial charge in [0.2, 0.25) is 5.91 Å². The molecule has 0 aliphatic rings. The van der Waals surface area contributed by atoms with Crippen LogP contribution in [0.3, 0.4) is 0 Å². The third kappa shape index (κ3) is 4.33. The molecule has 0 unspecified atom stereocenters. The molecule has 0 fully saturated rings. The van der Waals surface area contributed by atoms with Gasteiger partial charge in [0.15, 0.2) is 0 Å². The third-order valence-electron chi connectivity index (χ3n) is 2.69. The second-order valence-corrected chi connectivity index (χ2v) is 6.00. The lowest BCUT2D eigenvalue weighted by molar-refractivity contribution is -0.126. The average molecular weight is 291 g/mol. The van der Waals surface area contributed by atoms with E-state index in [9.17, 15) is 4.79 Å². The van der Waals surface area contributed by atoms with Gasteiger partial charge in [0, 0.05) is 24.0 Å². The molecule has 0 saturated heterocycles. The Morgan fingerprint density at radius 1 is 1.37 bits per heavy atom. The molecule has 2 nitrogen and oxygen atoms in total. The summed E-state index contributed by atoms with van der Waals surface area (Å²) in [5, 5.41) is 6.16. The molecule has 100 valence electrons. The molecule has 0 aromatic carbocycles. The minimum atomic E-state index is 0.0847. The van der Waals surface area contributed by atoms with Gasteiger partial charge in [-0.1, -0.05) is 13.0 Å². The van der Waals surface area contributed by atoms with E-state index in [0.29, 0.717) is 6.54 Å². The van der Waals surface area contributed by atoms with Crippen LogP contribution in [-0.4, -0.2) is 17.4 Å². The molecule has 0 saturated carbocycles. The molecule has 2 rings (SSSR count). The Labute approximate surface area is 122 Å². The Morgan fingerprint density at radius 2 is 2.26 bits per heavy atom. The number of hydrogen-bond donors (Lipinski definition) is 0. The highest BCUT2D eigenvalue weighted by atomic mass is 32.1. The quantitative estimate of drug-likeness (QED) is 0.728. The molecular weight excluding hydrogens is 274 g/mol. The van der Waals surface area contributed by atoms with Crippen molar-refractivity contribution in [2.24, 2.45) is 0 Å². The lowest BCUT2D eigenvalue weighted by atomic mass is 10.2. The lowest BCUT2D eigenvalue weighted by Crippen LogP contribution is -2.29. The van der Waals surface area contributed by atoms with E-state index in [1.54, 1.807) is 28.7 Å². The number of nitrogens with zero attached hydrogens (tertiary/aromatic N) is 1. The van der Waals surface area contributed by atoms with Gasteiger partial charge >= 0.3 is 0 Å². The Balaban J connectivity index is 1.99. The summed E-state index contributed by atoms with van der Waals surface area (Å²) in [7, 11) is 0. The molecule has 0 N–H and O–H groups in total. The largest absolute Gasteiger partial charge is 0.335 e. The fraction of sp³-hybridized carbons (Fsp3) is 0.267. The van der Waals surface area contributed by atoms with Crippen LogP contribution in [0.15, 0.2) is 40.4 Å². The van der Waals surface area contributed by atoms with Crippen LogP contribution < -0.4 is 0 Å². The van der Waals surface area contributed by atoms with Crippen LogP contribution in [-0.2, 0) is 11.3 Å². The van der Waals surface area contributed by atoms with Crippen molar-refractivity contribution in [3.63, 3.8) is 0 Å². The van der Waals surface area contributed by atoms with Crippen LogP contribution in [0, 0.1) is 0 Å². The van der Waals surface area contributed by atoms with Crippen LogP contribution in [0.4, 0.5) is 0 Å². The van der Waals surface area contributed by atoms with E-state index in [0.717, 1.165) is 17.8 Å². The van der Waals surface area contributed by atoms with E-state index in [4.69, 9.17) is 0 Å². The number of carbonyl (C=O) groups is 1. The molecule has 1 amide bonds. The van der Waals surface area contributed by atoms with Crippen molar-refractivity contribution >= 4 is 34.7 Å². The second-order valence-electron chi connectivity index (χ2n) is 4.24. The summed E-state index contributed by atoms with van der Waals surface area (Å²) in [6.07, 6.45) is 4.54. The van der Waals surface area contributed by atoms with Crippen LogP contribution in [0.1, 0.15) is 23.8 Å². The van der Waals surface area contributed by atoms with Crippen molar-refractivity contribution in [2.45, 2.75) is 19.9 Å². The van der Waals surface area contributed by atoms with Crippen LogP contribution in [0.25, 0.3) is 6.08 Å². The van der Waals surface area contributed by atoms with E-state index < -0.39 is 0 Å². The highest BCUT2D eigenvalue weighted by Gasteiger charge is 2.10. The second kappa shape index (κ2) is 7.26. The van der Waals surface area contributed by atoms with Crippen LogP contribution >= 0.6 is 22.7 Å². The van der Waals surface area contributed by atoms with Gasteiger partial charge in [-0.25, -0.2) is 0 Å². The maximum atomic E-state index is 12.2. The summed E-state index contributed by atoms with van der Waals surface area (Å²) in [4.78, 5) is 15.2. The zero-order valence-electron chi connectivity index (χ0n) is 10.9. The minimum absolute atomic E-state index is 0.0847. The normalized spacial score (nSPS) is 11.0. The smallest absolute Gasteiger partial charge is 0.246 e. The molecule has 0 radical (unpaired) electrons. The zero-order valence-corrected chi connectivity index (χ0v) is 12.5. The van der Waals surface area contributed by atoms with Crippen LogP contribution in [0.5, 0.6) is 0 Å². The van der Waals surface area contributed by atoms with Gasteiger partial charge in [-0.15, -0.1) is 11.3 Å². The van der Waals surface area contributed by atoms with E-state index in [1.807, 2.05) is 33.9 Å². The van der Waals surface area contributed by atoms with E-state index in [1.165, 1.54) is 5.56 Å². The minimum Gasteiger partial charge on any atom is -0.335 e. The number of amides is 1. The van der Waals surface area contributed by atoms with E-state index in [2.05, 4.69) is 18.4 Å². The SMILES string of the molecule is CCCN(Cc1ccsc1)C(=O)/C=C/c1cccs1. The number of rotatable bonds is 6. The summed E-state index contributed by atoms with van der Waals surface area (Å²) in [6, 6.07) is 6.07. The predicted molar refractivity (Wildman–Crippen MR) is 83.4 cm³/mol. The van der Waals surface area contributed by atoms with Crippen LogP contribution in [0.2, 0.25) is 0 Å². The summed E-state index contributed by atoms with van der Waals surface area (Å²) in [6.45, 7) is 3.59. The Kier molecular flexibility index (Phi) is 5.36. The molecule has 2 heterocycles. The monoisotopic (exact) mass is 291 g/mol. The first-order valence-corrected chi connectivity index (χ1v) is 8.13. The van der Waals surface area contributed by atoms with E-state index >= 15 is 0 Å². The number of thiophene rings is 2. The van der Waals surface area contributed by atoms with Gasteiger partial charge in [-0.3, -0.25) is 4.79 Å². The first kappa shape index (κ1) is 14.0. The fourth-order valence-electron chi connectivity index (χ4n) is 1.79. The zero-order chi connectivity index (χ0) is 13.5. The number of carbonyl (C=O) groups excluding carboxylic acids is 1. The Bertz CT molecular complexity index is 514. The van der Waals surface area contributed by atoms with Gasteiger partial charge in [0.05, 0.1) is 0 Å². The molecule has 0 spiro atoms. The summed E-state index contributed by atoms with van der Waals surface area (Å²) < 4.78 is 0. The van der Waals surface area contributed by atoms with Crippen molar-refractivity contribution in [1.29, 1.82) is 0 Å². The van der Waals surface area contributed by atoms with Gasteiger partial charge < -0.3 is 4.90 Å². The molecular formula is C15H17NOS2. The molecule has 0 aliphatic carbocycles. The summed E-state index contributed by atoms with van der Waals surface area (Å²) in [5.41, 5.74) is 1.20. The molecule has 4 heteroatoms. The molecule has 19 heavy (non-hydrogen) atoms. The molecule has 0 atom stereocenters. The Morgan fingerprint density at radius 3 is 2.89 bits per heavy atom. The van der Waals surface area contributed by atoms with Crippen molar-refractivity contribution < 1.29 is 4.79 Å². The Hall–Kier alpha value is -1.39. The maximum Gasteiger partial charge on any atom is 0.246 e. The molecule has 0 bridgehead atoms. The van der Waals surface area contributed by atoms with Gasteiger partial charge in [0.1, 0.15) is 0 Å². The van der Waals surface area contributed by atoms with Gasteiger partial charge in [-0.05, 0) is 46.3 Å². The average Bonchev–Trinajstić information content (AvgIpc) is 3.08. The number of hydrogen-bond acceptors (Lipinski definition) is 3. The lowest BCUT2D eigenvalue weighted by Gasteiger charge is -2.19. The summed E-state index contributed by atoms with van der Waals surface area (Å²) >= 11 is 3.31. The maximum absolute atomic E-state index is 12.2. The van der Waals surface area contributed by atoms with Gasteiger partial charge in [-0.2, -0.15) is 11.3 Å². The summed E-state index contributed by atoms with van der Waals surface area (Å²) in [5.74, 6) is 0.0847. The first-order chi connectivity index (χ1) is 9.29. The standard InChI is InChI=1S/C15H17NOS2/c1-2-8-16(11-13-7-10-18-12-13)15(17)6-5-14-4-3-9-19-14/h3-7,9-10,12H,2,8,11H2,1H3/b6-5+. The predicted octanol–water partition coefficient (Wildman–Crippen LogP) is 4.26. The first-order valence-electron chi connectivity index (χ1n) is 6.31. The highest BCUT2D eigenvalue weighted by molar-refractivity contribution is 7.10. The van der Waals surface area contributed by atoms with Gasteiger partial charge in [0.25, 0.3) is 0 Å². The van der Waals surface area contributed by atoms with Crippen molar-refractivity contribution in [2.75, 3.05) is 6.54 Å². The molecule has 2 aromatic heterocycles. The highest BCUT2D eigenvalue weighted by Crippen LogP contribution is 2.13. The van der Waals surface area contributed by atoms with Crippen molar-refractivity contribution in [1.82, 2.24) is 4.90 Å². The third-order valence-corrected chi connectivity index (χ3v) is 4.26. The van der Waals surface area contributed by atoms with Crippen molar-refractivity contribution in [3.8, 4) is 0 Å². The molecule has 0 aliphatic heterocycles. The molecule has 2 aromatic rings. The van der Waals surface area contributed by atoms with Crippen molar-refractivity contribution in [3.05, 3.63) is 50.9 Å².